The predicted molar refractivity (Wildman–Crippen MR) is 145 cm³/mol. The van der Waals surface area contributed by atoms with Gasteiger partial charge in [0.05, 0.1) is 5.69 Å². The molecule has 0 bridgehead atoms. The molecule has 0 atom stereocenters. The summed E-state index contributed by atoms with van der Waals surface area (Å²) in [6, 6.07) is 16.1. The Kier molecular flexibility index (Phi) is 7.09. The van der Waals surface area contributed by atoms with Crippen molar-refractivity contribution in [3.05, 3.63) is 69.8 Å². The van der Waals surface area contributed by atoms with Crippen molar-refractivity contribution in [3.63, 3.8) is 0 Å². The monoisotopic (exact) mass is 512 g/mol. The number of benzene rings is 2. The number of aromatic amines is 1. The van der Waals surface area contributed by atoms with E-state index < -0.39 is 0 Å². The quantitative estimate of drug-likeness (QED) is 0.365. The SMILES string of the molecule is CNC1CCN(c2ccc(NC(=O)c3cc4c([nH]3)NCCN4Cc3cc(Cl)ccc3Cl)cc2)CC1. The first-order valence-electron chi connectivity index (χ1n) is 12.0. The minimum atomic E-state index is -0.176. The van der Waals surface area contributed by atoms with Crippen molar-refractivity contribution in [1.29, 1.82) is 0 Å². The second kappa shape index (κ2) is 10.4. The molecular weight excluding hydrogens is 483 g/mol. The molecule has 1 fully saturated rings. The van der Waals surface area contributed by atoms with Gasteiger partial charge >= 0.3 is 0 Å². The number of carbonyl (C=O) groups excluding carboxylic acids is 1. The zero-order valence-corrected chi connectivity index (χ0v) is 21.2. The Hall–Kier alpha value is -2.87. The maximum absolute atomic E-state index is 13.0. The molecule has 184 valence electrons. The molecule has 1 aromatic heterocycles. The highest BCUT2D eigenvalue weighted by molar-refractivity contribution is 6.33. The van der Waals surface area contributed by atoms with Crippen molar-refractivity contribution in [2.75, 3.05) is 53.7 Å². The molecule has 4 N–H and O–H groups in total. The van der Waals surface area contributed by atoms with E-state index in [1.165, 1.54) is 5.69 Å². The highest BCUT2D eigenvalue weighted by atomic mass is 35.5. The molecule has 0 saturated carbocycles. The van der Waals surface area contributed by atoms with Gasteiger partial charge in [-0.1, -0.05) is 23.2 Å². The number of hydrogen-bond acceptors (Lipinski definition) is 5. The second-order valence-corrected chi connectivity index (χ2v) is 9.92. The third-order valence-corrected chi connectivity index (χ3v) is 7.43. The Bertz CT molecular complexity index is 1190. The predicted octanol–water partition coefficient (Wildman–Crippen LogP) is 5.19. The molecule has 5 rings (SSSR count). The topological polar surface area (TPSA) is 75.4 Å². The van der Waals surface area contributed by atoms with Crippen molar-refractivity contribution in [2.24, 2.45) is 0 Å². The molecule has 2 aliphatic rings. The Labute approximate surface area is 215 Å². The number of fused-ring (bicyclic) bond motifs is 1. The Morgan fingerprint density at radius 2 is 1.83 bits per heavy atom. The fourth-order valence-electron chi connectivity index (χ4n) is 4.80. The van der Waals surface area contributed by atoms with E-state index in [0.717, 1.165) is 61.8 Å². The fourth-order valence-corrected chi connectivity index (χ4v) is 5.17. The van der Waals surface area contributed by atoms with Crippen molar-refractivity contribution in [1.82, 2.24) is 10.3 Å². The third-order valence-electron chi connectivity index (χ3n) is 6.83. The lowest BCUT2D eigenvalue weighted by Crippen LogP contribution is -2.41. The van der Waals surface area contributed by atoms with Crippen LogP contribution in [0.4, 0.5) is 22.9 Å². The number of piperidine rings is 1. The molecule has 0 radical (unpaired) electrons. The van der Waals surface area contributed by atoms with E-state index in [-0.39, 0.29) is 5.91 Å². The van der Waals surface area contributed by atoms with Crippen LogP contribution in [-0.2, 0) is 6.54 Å². The van der Waals surface area contributed by atoms with Gasteiger partial charge < -0.3 is 30.7 Å². The summed E-state index contributed by atoms with van der Waals surface area (Å²) in [5, 5.41) is 11.1. The standard InChI is InChI=1S/C26H30Cl2N6O/c1-29-19-8-11-33(12-9-19)21-5-3-20(4-6-21)31-26(35)23-15-24-25(32-23)30-10-13-34(24)16-17-14-18(27)2-7-22(17)28/h2-7,14-15,19,29-30,32H,8-13,16H2,1H3,(H,31,35). The van der Waals surface area contributed by atoms with Gasteiger partial charge in [-0.15, -0.1) is 0 Å². The molecule has 0 unspecified atom stereocenters. The highest BCUT2D eigenvalue weighted by Crippen LogP contribution is 2.33. The zero-order valence-electron chi connectivity index (χ0n) is 19.7. The molecule has 1 saturated heterocycles. The van der Waals surface area contributed by atoms with Crippen LogP contribution in [0.2, 0.25) is 10.0 Å². The zero-order chi connectivity index (χ0) is 24.4. The number of aromatic nitrogens is 1. The summed E-state index contributed by atoms with van der Waals surface area (Å²) in [4.78, 5) is 20.8. The first-order valence-corrected chi connectivity index (χ1v) is 12.7. The Morgan fingerprint density at radius 1 is 1.06 bits per heavy atom. The molecule has 2 aliphatic heterocycles. The van der Waals surface area contributed by atoms with Crippen LogP contribution in [0.5, 0.6) is 0 Å². The number of nitrogens with zero attached hydrogens (tertiary/aromatic N) is 2. The molecule has 0 spiro atoms. The number of carbonyl (C=O) groups is 1. The molecule has 35 heavy (non-hydrogen) atoms. The van der Waals surface area contributed by atoms with Crippen molar-refractivity contribution in [3.8, 4) is 0 Å². The second-order valence-electron chi connectivity index (χ2n) is 9.08. The molecule has 9 heteroatoms. The van der Waals surface area contributed by atoms with Crippen LogP contribution in [-0.4, -0.2) is 50.2 Å². The Morgan fingerprint density at radius 3 is 2.57 bits per heavy atom. The summed E-state index contributed by atoms with van der Waals surface area (Å²) in [6.45, 7) is 4.24. The third kappa shape index (κ3) is 5.37. The largest absolute Gasteiger partial charge is 0.371 e. The number of anilines is 4. The van der Waals surface area contributed by atoms with Gasteiger partial charge in [-0.2, -0.15) is 0 Å². The minimum Gasteiger partial charge on any atom is -0.371 e. The van der Waals surface area contributed by atoms with Gasteiger partial charge in [-0.25, -0.2) is 0 Å². The summed E-state index contributed by atoms with van der Waals surface area (Å²) in [7, 11) is 2.03. The fraction of sp³-hybridized carbons (Fsp3) is 0.346. The van der Waals surface area contributed by atoms with E-state index in [4.69, 9.17) is 23.2 Å². The van der Waals surface area contributed by atoms with Gasteiger partial charge in [-0.3, -0.25) is 4.79 Å². The molecule has 0 aliphatic carbocycles. The van der Waals surface area contributed by atoms with Crippen LogP contribution >= 0.6 is 23.2 Å². The minimum absolute atomic E-state index is 0.176. The van der Waals surface area contributed by atoms with Crippen molar-refractivity contribution < 1.29 is 4.79 Å². The number of H-pyrrole nitrogens is 1. The maximum atomic E-state index is 13.0. The number of nitrogens with one attached hydrogen (secondary N) is 4. The van der Waals surface area contributed by atoms with Crippen molar-refractivity contribution >= 4 is 52.0 Å². The Balaban J connectivity index is 1.25. The van der Waals surface area contributed by atoms with Crippen LogP contribution in [0.1, 0.15) is 28.9 Å². The van der Waals surface area contributed by atoms with Gasteiger partial charge in [0.2, 0.25) is 0 Å². The molecule has 7 nitrogen and oxygen atoms in total. The highest BCUT2D eigenvalue weighted by Gasteiger charge is 2.23. The van der Waals surface area contributed by atoms with E-state index in [9.17, 15) is 4.79 Å². The van der Waals surface area contributed by atoms with Crippen LogP contribution in [0.3, 0.4) is 0 Å². The van der Waals surface area contributed by atoms with Crippen LogP contribution in [0.25, 0.3) is 0 Å². The van der Waals surface area contributed by atoms with Crippen LogP contribution in [0.15, 0.2) is 48.5 Å². The molecule has 3 heterocycles. The van der Waals surface area contributed by atoms with E-state index in [0.29, 0.717) is 28.3 Å². The normalized spacial score (nSPS) is 16.1. The lowest BCUT2D eigenvalue weighted by molar-refractivity contribution is 0.102. The first-order chi connectivity index (χ1) is 17.0. The maximum Gasteiger partial charge on any atom is 0.272 e. The van der Waals surface area contributed by atoms with Gasteiger partial charge in [0.1, 0.15) is 11.5 Å². The summed E-state index contributed by atoms with van der Waals surface area (Å²) in [5.74, 6) is 0.657. The molecule has 2 aromatic carbocycles. The number of rotatable bonds is 6. The van der Waals surface area contributed by atoms with Crippen LogP contribution in [0, 0.1) is 0 Å². The number of hydrogen-bond donors (Lipinski definition) is 4. The van der Waals surface area contributed by atoms with E-state index in [2.05, 4.69) is 42.9 Å². The van der Waals surface area contributed by atoms with Crippen LogP contribution < -0.4 is 25.8 Å². The van der Waals surface area contributed by atoms with Gasteiger partial charge in [0.25, 0.3) is 5.91 Å². The van der Waals surface area contributed by atoms with Gasteiger partial charge in [0.15, 0.2) is 0 Å². The first kappa shape index (κ1) is 23.9. The van der Waals surface area contributed by atoms with Gasteiger partial charge in [-0.05, 0) is 74.0 Å². The van der Waals surface area contributed by atoms with Gasteiger partial charge in [0, 0.05) is 60.2 Å². The number of amides is 1. The lowest BCUT2D eigenvalue weighted by Gasteiger charge is -2.33. The van der Waals surface area contributed by atoms with E-state index in [1.807, 2.05) is 37.4 Å². The summed E-state index contributed by atoms with van der Waals surface area (Å²) >= 11 is 12.6. The number of halogens is 2. The molecular formula is C26H30Cl2N6O. The summed E-state index contributed by atoms with van der Waals surface area (Å²) in [5.41, 5.74) is 4.36. The van der Waals surface area contributed by atoms with E-state index in [1.54, 1.807) is 6.07 Å². The average molecular weight is 513 g/mol. The summed E-state index contributed by atoms with van der Waals surface area (Å²) < 4.78 is 0. The average Bonchev–Trinajstić information content (AvgIpc) is 3.33. The lowest BCUT2D eigenvalue weighted by atomic mass is 10.0. The van der Waals surface area contributed by atoms with Crippen molar-refractivity contribution in [2.45, 2.75) is 25.4 Å². The summed E-state index contributed by atoms with van der Waals surface area (Å²) in [6.07, 6.45) is 2.28. The molecule has 1 amide bonds. The van der Waals surface area contributed by atoms with E-state index >= 15 is 0 Å². The molecule has 3 aromatic rings. The smallest absolute Gasteiger partial charge is 0.272 e.